The Morgan fingerprint density at radius 1 is 0.800 bits per heavy atom. The number of hydrogen-bond donors (Lipinski definition) is 1. The number of unbranched alkanes of at least 4 members (excludes halogenated alkanes) is 12. The Morgan fingerprint density at radius 3 is 1.30 bits per heavy atom. The van der Waals surface area contributed by atoms with Gasteiger partial charge in [-0.2, -0.15) is 6.42 Å². The van der Waals surface area contributed by atoms with Gasteiger partial charge in [0.25, 0.3) is 0 Å². The van der Waals surface area contributed by atoms with Crippen molar-refractivity contribution in [2.45, 2.75) is 90.4 Å². The molecule has 0 aliphatic heterocycles. The van der Waals surface area contributed by atoms with Gasteiger partial charge in [-0.15, -0.1) is 0 Å². The van der Waals surface area contributed by atoms with E-state index in [0.717, 1.165) is 6.42 Å². The summed E-state index contributed by atoms with van der Waals surface area (Å²) in [5, 5.41) is 7.31. The summed E-state index contributed by atoms with van der Waals surface area (Å²) in [6.45, 7) is 8.71. The minimum atomic E-state index is -1.08. The fraction of sp³-hybridized carbons (Fsp3) is 0.824. The number of hydrogen-bond acceptors (Lipinski definition) is 1. The molecular weight excluding hydrogens is 302 g/mol. The minimum Gasteiger partial charge on any atom is -0.503 e. The largest absolute Gasteiger partial charge is 2.00 e. The number of carboxylic acid groups (broad SMARTS) is 1. The van der Waals surface area contributed by atoms with Gasteiger partial charge in [0.15, 0.2) is 5.97 Å². The van der Waals surface area contributed by atoms with Crippen LogP contribution in [-0.4, -0.2) is 11.1 Å². The maximum Gasteiger partial charge on any atom is 2.00 e. The van der Waals surface area contributed by atoms with Crippen molar-refractivity contribution in [2.24, 2.45) is 0 Å². The van der Waals surface area contributed by atoms with Crippen molar-refractivity contribution in [2.75, 3.05) is 0 Å². The van der Waals surface area contributed by atoms with Crippen molar-refractivity contribution < 1.29 is 29.4 Å². The maximum atomic E-state index is 8.89. The second-order valence-corrected chi connectivity index (χ2v) is 5.14. The van der Waals surface area contributed by atoms with Gasteiger partial charge in [0.05, 0.1) is 0 Å². The van der Waals surface area contributed by atoms with Crippen LogP contribution in [0.25, 0.3) is 0 Å². The second-order valence-electron chi connectivity index (χ2n) is 5.14. The van der Waals surface area contributed by atoms with Crippen LogP contribution in [0.15, 0.2) is 0 Å². The predicted octanol–water partition coefficient (Wildman–Crippen LogP) is 5.81. The molecule has 0 bridgehead atoms. The first-order chi connectivity index (χ1) is 9.15. The van der Waals surface area contributed by atoms with Crippen LogP contribution in [0, 0.1) is 13.8 Å². The van der Waals surface area contributed by atoms with E-state index in [-0.39, 0.29) is 19.5 Å². The predicted molar refractivity (Wildman–Crippen MR) is 84.0 cm³/mol. The molecule has 0 saturated heterocycles. The van der Waals surface area contributed by atoms with Gasteiger partial charge in [0.2, 0.25) is 0 Å². The fourth-order valence-corrected chi connectivity index (χ4v) is 2.02. The molecule has 116 valence electrons. The monoisotopic (exact) mass is 334 g/mol. The summed E-state index contributed by atoms with van der Waals surface area (Å²) in [6, 6.07) is 0. The van der Waals surface area contributed by atoms with E-state index < -0.39 is 5.97 Å². The molecule has 1 N–H and O–H groups in total. The zero-order valence-corrected chi connectivity index (χ0v) is 16.6. The topological polar surface area (TPSA) is 37.3 Å². The van der Waals surface area contributed by atoms with Gasteiger partial charge in [-0.1, -0.05) is 84.0 Å². The SMILES string of the molecule is [CH2-]C(=O)O.[CH2-]CCCCCCCCCCCCCC.[Zn+2]. The molecule has 2 nitrogen and oxygen atoms in total. The zero-order valence-electron chi connectivity index (χ0n) is 13.7. The number of aliphatic carboxylic acids is 1. The Bertz CT molecular complexity index is 156. The molecule has 0 atom stereocenters. The summed E-state index contributed by atoms with van der Waals surface area (Å²) >= 11 is 0. The van der Waals surface area contributed by atoms with Crippen LogP contribution in [0.3, 0.4) is 0 Å². The summed E-state index contributed by atoms with van der Waals surface area (Å²) in [4.78, 5) is 8.89. The third-order valence-corrected chi connectivity index (χ3v) is 3.10. The number of carbonyl (C=O) groups is 1. The molecule has 0 fully saturated rings. The van der Waals surface area contributed by atoms with Crippen molar-refractivity contribution in [1.29, 1.82) is 0 Å². The molecule has 20 heavy (non-hydrogen) atoms. The van der Waals surface area contributed by atoms with Crippen molar-refractivity contribution in [1.82, 2.24) is 0 Å². The molecule has 0 aliphatic carbocycles. The molecule has 0 aromatic carbocycles. The average molecular weight is 336 g/mol. The molecule has 0 radical (unpaired) electrons. The summed E-state index contributed by atoms with van der Waals surface area (Å²) in [5.74, 6) is -1.08. The van der Waals surface area contributed by atoms with Gasteiger partial charge in [-0.25, -0.2) is 0 Å². The van der Waals surface area contributed by atoms with E-state index in [4.69, 9.17) is 9.90 Å². The smallest absolute Gasteiger partial charge is 0.503 e. The molecule has 0 unspecified atom stereocenters. The Balaban J connectivity index is -0.000000508. The van der Waals surface area contributed by atoms with Gasteiger partial charge < -0.3 is 12.0 Å². The molecule has 0 saturated carbocycles. The average Bonchev–Trinajstić information content (AvgIpc) is 2.35. The van der Waals surface area contributed by atoms with Crippen LogP contribution < -0.4 is 0 Å². The van der Waals surface area contributed by atoms with Crippen LogP contribution in [0.2, 0.25) is 0 Å². The molecular formula is C17H34O2Zn. The third kappa shape index (κ3) is 36.1. The zero-order chi connectivity index (χ0) is 14.8. The number of rotatable bonds is 12. The van der Waals surface area contributed by atoms with E-state index >= 15 is 0 Å². The molecule has 0 aromatic rings. The van der Waals surface area contributed by atoms with Crippen LogP contribution in [-0.2, 0) is 24.3 Å². The molecule has 0 spiro atoms. The standard InChI is InChI=1S/C15H31.C2H3O2.Zn/c1-3-5-7-9-11-13-15-14-12-10-8-6-4-2;1-2(3)4;/h1,3-15H2,2H3;1H2,(H,3,4);/q2*-1;+2. The summed E-state index contributed by atoms with van der Waals surface area (Å²) in [6.07, 6.45) is 18.3. The quantitative estimate of drug-likeness (QED) is 0.277. The number of carboxylic acids is 1. The first kappa shape index (κ1) is 24.9. The Hall–Kier alpha value is -0.0366. The van der Waals surface area contributed by atoms with Crippen molar-refractivity contribution in [3.05, 3.63) is 13.8 Å². The Labute approximate surface area is 139 Å². The second kappa shape index (κ2) is 24.0. The molecule has 0 amide bonds. The Kier molecular flexibility index (Phi) is 30.0. The van der Waals surface area contributed by atoms with Gasteiger partial charge in [0, 0.05) is 0 Å². The van der Waals surface area contributed by atoms with Gasteiger partial charge in [-0.05, 0) is 0 Å². The maximum absolute atomic E-state index is 8.89. The first-order valence-electron chi connectivity index (χ1n) is 7.99. The molecule has 0 rings (SSSR count). The summed E-state index contributed by atoms with van der Waals surface area (Å²) in [7, 11) is 0. The minimum absolute atomic E-state index is 0. The van der Waals surface area contributed by atoms with E-state index in [0.29, 0.717) is 0 Å². The summed E-state index contributed by atoms with van der Waals surface area (Å²) < 4.78 is 0. The van der Waals surface area contributed by atoms with E-state index in [2.05, 4.69) is 20.8 Å². The Morgan fingerprint density at radius 2 is 1.05 bits per heavy atom. The van der Waals surface area contributed by atoms with Crippen molar-refractivity contribution in [3.8, 4) is 0 Å². The van der Waals surface area contributed by atoms with Gasteiger partial charge in [-0.3, -0.25) is 11.7 Å². The van der Waals surface area contributed by atoms with Crippen LogP contribution >= 0.6 is 0 Å². The normalized spacial score (nSPS) is 9.30. The van der Waals surface area contributed by atoms with Crippen molar-refractivity contribution in [3.63, 3.8) is 0 Å². The van der Waals surface area contributed by atoms with E-state index in [1.807, 2.05) is 0 Å². The van der Waals surface area contributed by atoms with E-state index in [1.54, 1.807) is 0 Å². The first-order valence-corrected chi connectivity index (χ1v) is 7.99. The van der Waals surface area contributed by atoms with E-state index in [9.17, 15) is 0 Å². The molecule has 3 heteroatoms. The van der Waals surface area contributed by atoms with E-state index in [1.165, 1.54) is 77.0 Å². The van der Waals surface area contributed by atoms with Gasteiger partial charge >= 0.3 is 19.5 Å². The van der Waals surface area contributed by atoms with Crippen molar-refractivity contribution >= 4 is 5.97 Å². The van der Waals surface area contributed by atoms with Gasteiger partial charge in [0.1, 0.15) is 0 Å². The summed E-state index contributed by atoms with van der Waals surface area (Å²) in [5.41, 5.74) is 0. The van der Waals surface area contributed by atoms with Crippen LogP contribution in [0.1, 0.15) is 90.4 Å². The third-order valence-electron chi connectivity index (χ3n) is 3.10. The fourth-order valence-electron chi connectivity index (χ4n) is 2.02. The molecule has 0 aromatic heterocycles. The van der Waals surface area contributed by atoms with Crippen LogP contribution in [0.5, 0.6) is 0 Å². The molecule has 0 aliphatic rings. The molecule has 0 heterocycles. The van der Waals surface area contributed by atoms with Crippen LogP contribution in [0.4, 0.5) is 0 Å².